The van der Waals surface area contributed by atoms with E-state index < -0.39 is 0 Å². The summed E-state index contributed by atoms with van der Waals surface area (Å²) in [5.74, 6) is 0.00668. The molecule has 1 amide bonds. The predicted octanol–water partition coefficient (Wildman–Crippen LogP) is 1.44. The van der Waals surface area contributed by atoms with Crippen LogP contribution in [-0.2, 0) is 9.53 Å². The smallest absolute Gasteiger partial charge is 0.253 e. The fourth-order valence-electron chi connectivity index (χ4n) is 2.80. The maximum Gasteiger partial charge on any atom is 0.253 e. The van der Waals surface area contributed by atoms with Gasteiger partial charge in [0.1, 0.15) is 6.61 Å². The molecule has 2 heterocycles. The summed E-state index contributed by atoms with van der Waals surface area (Å²) in [5.41, 5.74) is 0.611. The van der Waals surface area contributed by atoms with Crippen molar-refractivity contribution in [3.05, 3.63) is 29.3 Å². The number of anilines is 1. The van der Waals surface area contributed by atoms with Crippen molar-refractivity contribution in [2.24, 2.45) is 0 Å². The molecule has 3 rings (SSSR count). The van der Waals surface area contributed by atoms with Gasteiger partial charge in [0, 0.05) is 17.3 Å². The normalized spacial score (nSPS) is 28.1. The molecule has 1 N–H and O–H groups in total. The largest absolute Gasteiger partial charge is 0.369 e. The SMILES string of the molecule is O=C1COCC2(CCNC2)N1c1cccc(Cl)c1. The molecule has 96 valence electrons. The summed E-state index contributed by atoms with van der Waals surface area (Å²) in [4.78, 5) is 14.1. The van der Waals surface area contributed by atoms with E-state index in [4.69, 9.17) is 16.3 Å². The predicted molar refractivity (Wildman–Crippen MR) is 70.0 cm³/mol. The highest BCUT2D eigenvalue weighted by Gasteiger charge is 2.46. The number of ether oxygens (including phenoxy) is 1. The second kappa shape index (κ2) is 4.53. The molecule has 0 radical (unpaired) electrons. The third-order valence-electron chi connectivity index (χ3n) is 3.61. The zero-order chi connectivity index (χ0) is 12.6. The first-order valence-electron chi connectivity index (χ1n) is 6.08. The first kappa shape index (κ1) is 12.0. The molecule has 2 aliphatic heterocycles. The Morgan fingerprint density at radius 1 is 1.44 bits per heavy atom. The second-order valence-electron chi connectivity index (χ2n) is 4.85. The van der Waals surface area contributed by atoms with Crippen molar-refractivity contribution in [1.29, 1.82) is 0 Å². The molecule has 1 spiro atoms. The van der Waals surface area contributed by atoms with E-state index in [9.17, 15) is 4.79 Å². The van der Waals surface area contributed by atoms with Crippen molar-refractivity contribution in [1.82, 2.24) is 5.32 Å². The second-order valence-corrected chi connectivity index (χ2v) is 5.29. The summed E-state index contributed by atoms with van der Waals surface area (Å²) in [7, 11) is 0. The lowest BCUT2D eigenvalue weighted by Gasteiger charge is -2.43. The highest BCUT2D eigenvalue weighted by Crippen LogP contribution is 2.33. The van der Waals surface area contributed by atoms with E-state index in [0.717, 1.165) is 25.2 Å². The van der Waals surface area contributed by atoms with Gasteiger partial charge >= 0.3 is 0 Å². The third-order valence-corrected chi connectivity index (χ3v) is 3.84. The fourth-order valence-corrected chi connectivity index (χ4v) is 2.98. The minimum atomic E-state index is -0.250. The van der Waals surface area contributed by atoms with Crippen molar-refractivity contribution in [3.63, 3.8) is 0 Å². The Morgan fingerprint density at radius 2 is 2.33 bits per heavy atom. The van der Waals surface area contributed by atoms with Gasteiger partial charge in [0.25, 0.3) is 5.91 Å². The molecule has 4 nitrogen and oxygen atoms in total. The third kappa shape index (κ3) is 1.90. The minimum absolute atomic E-state index is 0.00668. The van der Waals surface area contributed by atoms with Crippen LogP contribution in [0.3, 0.4) is 0 Å². The summed E-state index contributed by atoms with van der Waals surface area (Å²) in [5, 5.41) is 3.96. The van der Waals surface area contributed by atoms with Gasteiger partial charge < -0.3 is 15.0 Å². The minimum Gasteiger partial charge on any atom is -0.369 e. The van der Waals surface area contributed by atoms with E-state index in [-0.39, 0.29) is 18.1 Å². The molecule has 1 aromatic carbocycles. The van der Waals surface area contributed by atoms with Crippen molar-refractivity contribution in [3.8, 4) is 0 Å². The van der Waals surface area contributed by atoms with Gasteiger partial charge in [-0.1, -0.05) is 17.7 Å². The molecule has 0 bridgehead atoms. The van der Waals surface area contributed by atoms with Crippen molar-refractivity contribution >= 4 is 23.2 Å². The van der Waals surface area contributed by atoms with Crippen molar-refractivity contribution < 1.29 is 9.53 Å². The van der Waals surface area contributed by atoms with Gasteiger partial charge in [0.05, 0.1) is 12.1 Å². The van der Waals surface area contributed by atoms with Crippen LogP contribution in [0.4, 0.5) is 5.69 Å². The van der Waals surface area contributed by atoms with Crippen LogP contribution < -0.4 is 10.2 Å². The summed E-state index contributed by atoms with van der Waals surface area (Å²) in [6.07, 6.45) is 0.908. The standard InChI is InChI=1S/C13H15ClN2O2/c14-10-2-1-3-11(6-10)16-12(17)7-18-9-13(16)4-5-15-8-13/h1-3,6,15H,4-5,7-9H2. The molecule has 1 atom stereocenters. The molecule has 0 aromatic heterocycles. The first-order chi connectivity index (χ1) is 8.71. The van der Waals surface area contributed by atoms with Gasteiger partial charge in [-0.25, -0.2) is 0 Å². The number of rotatable bonds is 1. The van der Waals surface area contributed by atoms with Crippen LogP contribution in [0.25, 0.3) is 0 Å². The Balaban J connectivity index is 2.02. The summed E-state index contributed by atoms with van der Waals surface area (Å²) in [6, 6.07) is 7.45. The molecule has 5 heteroatoms. The Kier molecular flexibility index (Phi) is 3.01. The number of carbonyl (C=O) groups is 1. The molecule has 1 unspecified atom stereocenters. The number of morpholine rings is 1. The van der Waals surface area contributed by atoms with Gasteiger partial charge in [0.2, 0.25) is 0 Å². The van der Waals surface area contributed by atoms with Crippen molar-refractivity contribution in [2.75, 3.05) is 31.2 Å². The van der Waals surface area contributed by atoms with Crippen LogP contribution in [0.15, 0.2) is 24.3 Å². The monoisotopic (exact) mass is 266 g/mol. The lowest BCUT2D eigenvalue weighted by molar-refractivity contribution is -0.129. The zero-order valence-corrected chi connectivity index (χ0v) is 10.7. The number of hydrogen-bond acceptors (Lipinski definition) is 3. The Hall–Kier alpha value is -1.10. The van der Waals surface area contributed by atoms with E-state index in [1.54, 1.807) is 0 Å². The van der Waals surface area contributed by atoms with Gasteiger partial charge in [-0.05, 0) is 31.2 Å². The summed E-state index contributed by atoms with van der Waals surface area (Å²) < 4.78 is 5.44. The number of amides is 1. The van der Waals surface area contributed by atoms with E-state index in [0.29, 0.717) is 11.6 Å². The molecule has 0 saturated carbocycles. The molecular formula is C13H15ClN2O2. The fraction of sp³-hybridized carbons (Fsp3) is 0.462. The highest BCUT2D eigenvalue weighted by atomic mass is 35.5. The number of benzene rings is 1. The van der Waals surface area contributed by atoms with E-state index in [2.05, 4.69) is 5.32 Å². The Labute approximate surface area is 111 Å². The van der Waals surface area contributed by atoms with Crippen LogP contribution in [0.5, 0.6) is 0 Å². The molecule has 1 aromatic rings. The maximum absolute atomic E-state index is 12.2. The van der Waals surface area contributed by atoms with Gasteiger partial charge in [0.15, 0.2) is 0 Å². The molecule has 2 fully saturated rings. The van der Waals surface area contributed by atoms with E-state index >= 15 is 0 Å². The average Bonchev–Trinajstić information content (AvgIpc) is 2.78. The topological polar surface area (TPSA) is 41.6 Å². The quantitative estimate of drug-likeness (QED) is 0.836. The molecule has 2 saturated heterocycles. The molecular weight excluding hydrogens is 252 g/mol. The molecule has 18 heavy (non-hydrogen) atoms. The number of nitrogens with zero attached hydrogens (tertiary/aromatic N) is 1. The number of halogens is 1. The number of hydrogen-bond donors (Lipinski definition) is 1. The molecule has 2 aliphatic rings. The first-order valence-corrected chi connectivity index (χ1v) is 6.46. The summed E-state index contributed by atoms with van der Waals surface area (Å²) in [6.45, 7) is 2.41. The van der Waals surface area contributed by atoms with Gasteiger partial charge in [-0.15, -0.1) is 0 Å². The lowest BCUT2D eigenvalue weighted by Crippen LogP contribution is -2.61. The van der Waals surface area contributed by atoms with Crippen LogP contribution >= 0.6 is 11.6 Å². The van der Waals surface area contributed by atoms with Crippen LogP contribution in [-0.4, -0.2) is 37.7 Å². The van der Waals surface area contributed by atoms with Crippen molar-refractivity contribution in [2.45, 2.75) is 12.0 Å². The van der Waals surface area contributed by atoms with Crippen LogP contribution in [0.1, 0.15) is 6.42 Å². The zero-order valence-electron chi connectivity index (χ0n) is 9.99. The van der Waals surface area contributed by atoms with E-state index in [1.807, 2.05) is 29.2 Å². The van der Waals surface area contributed by atoms with Crippen LogP contribution in [0, 0.1) is 0 Å². The van der Waals surface area contributed by atoms with Gasteiger partial charge in [-0.3, -0.25) is 4.79 Å². The Morgan fingerprint density at radius 3 is 3.06 bits per heavy atom. The number of carbonyl (C=O) groups excluding carboxylic acids is 1. The summed E-state index contributed by atoms with van der Waals surface area (Å²) >= 11 is 6.02. The Bertz CT molecular complexity index is 472. The van der Waals surface area contributed by atoms with Crippen LogP contribution in [0.2, 0.25) is 5.02 Å². The average molecular weight is 267 g/mol. The lowest BCUT2D eigenvalue weighted by atomic mass is 9.94. The highest BCUT2D eigenvalue weighted by molar-refractivity contribution is 6.30. The molecule has 0 aliphatic carbocycles. The van der Waals surface area contributed by atoms with E-state index in [1.165, 1.54) is 0 Å². The van der Waals surface area contributed by atoms with Gasteiger partial charge in [-0.2, -0.15) is 0 Å². The maximum atomic E-state index is 12.2. The number of nitrogens with one attached hydrogen (secondary N) is 1.